The molecular formula is C20H15AlO2. The zero-order valence-electron chi connectivity index (χ0n) is 12.6. The predicted octanol–water partition coefficient (Wildman–Crippen LogP) is 4.25. The minimum absolute atomic E-state index is 0.0517. The molecule has 0 saturated heterocycles. The molecule has 0 fully saturated rings. The summed E-state index contributed by atoms with van der Waals surface area (Å²) >= 11 is 2.22. The molecule has 0 bridgehead atoms. The lowest BCUT2D eigenvalue weighted by Gasteiger charge is -2.09. The first kappa shape index (κ1) is 15.6. The number of hydrogen-bond acceptors (Lipinski definition) is 2. The van der Waals surface area contributed by atoms with Gasteiger partial charge < -0.3 is 3.79 Å². The first-order valence-electron chi connectivity index (χ1n) is 7.40. The van der Waals surface area contributed by atoms with Gasteiger partial charge in [0.15, 0.2) is 5.78 Å². The van der Waals surface area contributed by atoms with Gasteiger partial charge >= 0.3 is 16.6 Å². The second kappa shape index (κ2) is 7.28. The van der Waals surface area contributed by atoms with Crippen LogP contribution in [0.5, 0.6) is 0 Å². The highest BCUT2D eigenvalue weighted by atomic mass is 27.1. The summed E-state index contributed by atoms with van der Waals surface area (Å²) in [5, 5.41) is 2.18. The number of fused-ring (bicyclic) bond motifs is 1. The van der Waals surface area contributed by atoms with E-state index in [0.29, 0.717) is 17.7 Å². The summed E-state index contributed by atoms with van der Waals surface area (Å²) < 4.78 is 5.29. The van der Waals surface area contributed by atoms with Gasteiger partial charge in [0.2, 0.25) is 0 Å². The molecule has 0 aliphatic carbocycles. The predicted molar refractivity (Wildman–Crippen MR) is 93.3 cm³/mol. The molecule has 2 nitrogen and oxygen atoms in total. The lowest BCUT2D eigenvalue weighted by molar-refractivity contribution is 0.104. The largest absolute Gasteiger partial charge is 0.656 e. The second-order valence-electron chi connectivity index (χ2n) is 5.32. The SMILES string of the molecule is O=C(C=C(Cc1ccccc1)[O][Al])c1ccc2ccccc2c1. The summed E-state index contributed by atoms with van der Waals surface area (Å²) in [6.45, 7) is 0. The highest BCUT2D eigenvalue weighted by Crippen LogP contribution is 2.17. The fraction of sp³-hybridized carbons (Fsp3) is 0.0500. The molecular weight excluding hydrogens is 299 g/mol. The van der Waals surface area contributed by atoms with Crippen LogP contribution < -0.4 is 0 Å². The van der Waals surface area contributed by atoms with Crippen LogP contribution in [0.2, 0.25) is 0 Å². The van der Waals surface area contributed by atoms with Gasteiger partial charge in [-0.1, -0.05) is 66.7 Å². The highest BCUT2D eigenvalue weighted by molar-refractivity contribution is 6.07. The molecule has 3 aromatic rings. The molecule has 0 N–H and O–H groups in total. The maximum absolute atomic E-state index is 12.5. The van der Waals surface area contributed by atoms with Crippen LogP contribution in [0.25, 0.3) is 10.8 Å². The van der Waals surface area contributed by atoms with Crippen LogP contribution in [-0.4, -0.2) is 22.4 Å². The Morgan fingerprint density at radius 1 is 0.913 bits per heavy atom. The van der Waals surface area contributed by atoms with E-state index in [-0.39, 0.29) is 5.78 Å². The van der Waals surface area contributed by atoms with Crippen molar-refractivity contribution in [3.63, 3.8) is 0 Å². The van der Waals surface area contributed by atoms with Crippen molar-refractivity contribution in [2.45, 2.75) is 6.42 Å². The Morgan fingerprint density at radius 3 is 2.35 bits per heavy atom. The summed E-state index contributed by atoms with van der Waals surface area (Å²) in [7, 11) is 0. The number of rotatable bonds is 5. The van der Waals surface area contributed by atoms with Crippen LogP contribution in [0.15, 0.2) is 84.6 Å². The van der Waals surface area contributed by atoms with Crippen LogP contribution in [0.3, 0.4) is 0 Å². The highest BCUT2D eigenvalue weighted by Gasteiger charge is 2.07. The van der Waals surface area contributed by atoms with Gasteiger partial charge in [-0.15, -0.1) is 0 Å². The number of benzene rings is 3. The van der Waals surface area contributed by atoms with E-state index < -0.39 is 0 Å². The fourth-order valence-corrected chi connectivity index (χ4v) is 2.65. The van der Waals surface area contributed by atoms with Gasteiger partial charge in [-0.2, -0.15) is 0 Å². The normalized spacial score (nSPS) is 11.4. The molecule has 0 atom stereocenters. The molecule has 3 rings (SSSR count). The first-order chi connectivity index (χ1) is 11.3. The summed E-state index contributed by atoms with van der Waals surface area (Å²) in [6.07, 6.45) is 2.15. The van der Waals surface area contributed by atoms with Gasteiger partial charge in [0.05, 0.1) is 5.76 Å². The zero-order chi connectivity index (χ0) is 16.1. The smallest absolute Gasteiger partial charge is 0.481 e. The van der Waals surface area contributed by atoms with Gasteiger partial charge in [0.25, 0.3) is 0 Å². The lowest BCUT2D eigenvalue weighted by Crippen LogP contribution is -2.01. The fourth-order valence-electron chi connectivity index (χ4n) is 2.50. The summed E-state index contributed by atoms with van der Waals surface area (Å²) in [4.78, 5) is 12.5. The van der Waals surface area contributed by atoms with Crippen molar-refractivity contribution in [1.29, 1.82) is 0 Å². The van der Waals surface area contributed by atoms with E-state index in [4.69, 9.17) is 3.79 Å². The molecule has 0 aliphatic rings. The summed E-state index contributed by atoms with van der Waals surface area (Å²) in [6, 6.07) is 23.7. The van der Waals surface area contributed by atoms with E-state index >= 15 is 0 Å². The summed E-state index contributed by atoms with van der Waals surface area (Å²) in [5.41, 5.74) is 1.77. The Kier molecular flexibility index (Phi) is 4.93. The minimum atomic E-state index is -0.0517. The van der Waals surface area contributed by atoms with Crippen LogP contribution in [-0.2, 0) is 10.2 Å². The molecule has 2 radical (unpaired) electrons. The van der Waals surface area contributed by atoms with Crippen molar-refractivity contribution in [1.82, 2.24) is 0 Å². The maximum atomic E-state index is 12.5. The molecule has 0 saturated carbocycles. The van der Waals surface area contributed by atoms with Crippen molar-refractivity contribution < 1.29 is 8.58 Å². The Labute approximate surface area is 144 Å². The summed E-state index contributed by atoms with van der Waals surface area (Å²) in [5.74, 6) is 0.573. The number of carbonyl (C=O) groups excluding carboxylic acids is 1. The minimum Gasteiger partial charge on any atom is -0.656 e. The van der Waals surface area contributed by atoms with Crippen LogP contribution in [0, 0.1) is 0 Å². The van der Waals surface area contributed by atoms with Crippen molar-refractivity contribution in [2.24, 2.45) is 0 Å². The van der Waals surface area contributed by atoms with E-state index in [2.05, 4.69) is 16.6 Å². The average molecular weight is 314 g/mol. The van der Waals surface area contributed by atoms with E-state index in [1.165, 1.54) is 0 Å². The van der Waals surface area contributed by atoms with Gasteiger partial charge in [0.1, 0.15) is 0 Å². The van der Waals surface area contributed by atoms with E-state index in [1.807, 2.05) is 72.8 Å². The third-order valence-corrected chi connectivity index (χ3v) is 4.00. The molecule has 23 heavy (non-hydrogen) atoms. The van der Waals surface area contributed by atoms with Crippen LogP contribution in [0.4, 0.5) is 0 Å². The molecule has 110 valence electrons. The molecule has 0 heterocycles. The Balaban J connectivity index is 1.84. The lowest BCUT2D eigenvalue weighted by atomic mass is 10.0. The number of carbonyl (C=O) groups is 1. The molecule has 0 amide bonds. The Bertz CT molecular complexity index is 854. The quantitative estimate of drug-likeness (QED) is 0.305. The molecule has 3 heteroatoms. The molecule has 3 aromatic carbocycles. The molecule has 0 aromatic heterocycles. The van der Waals surface area contributed by atoms with Crippen LogP contribution >= 0.6 is 0 Å². The number of allylic oxidation sites excluding steroid dienone is 2. The topological polar surface area (TPSA) is 26.3 Å². The monoisotopic (exact) mass is 314 g/mol. The second-order valence-corrected chi connectivity index (χ2v) is 5.55. The molecule has 0 spiro atoms. The van der Waals surface area contributed by atoms with Crippen LogP contribution in [0.1, 0.15) is 15.9 Å². The van der Waals surface area contributed by atoms with E-state index in [0.717, 1.165) is 16.3 Å². The Morgan fingerprint density at radius 2 is 1.61 bits per heavy atom. The molecule has 0 unspecified atom stereocenters. The van der Waals surface area contributed by atoms with Gasteiger partial charge in [0, 0.05) is 18.1 Å². The standard InChI is InChI=1S/C20H16O2.Al/c21-19(12-15-6-2-1-3-7-15)14-20(22)18-11-10-16-8-4-5-9-17(16)13-18;/h1-11,13-14,21H,12H2;/q;+1/p-1. The zero-order valence-corrected chi connectivity index (χ0v) is 13.8. The van der Waals surface area contributed by atoms with Crippen molar-refractivity contribution in [3.8, 4) is 0 Å². The number of ketones is 1. The number of hydrogen-bond donors (Lipinski definition) is 0. The average Bonchev–Trinajstić information content (AvgIpc) is 2.61. The van der Waals surface area contributed by atoms with Crippen molar-refractivity contribution >= 4 is 33.2 Å². The third kappa shape index (κ3) is 3.90. The molecule has 0 aliphatic heterocycles. The third-order valence-electron chi connectivity index (χ3n) is 3.70. The van der Waals surface area contributed by atoms with E-state index in [9.17, 15) is 4.79 Å². The van der Waals surface area contributed by atoms with Gasteiger partial charge in [-0.25, -0.2) is 0 Å². The first-order valence-corrected chi connectivity index (χ1v) is 7.88. The van der Waals surface area contributed by atoms with E-state index in [1.54, 1.807) is 6.08 Å². The van der Waals surface area contributed by atoms with Crippen molar-refractivity contribution in [3.05, 3.63) is 95.8 Å². The van der Waals surface area contributed by atoms with Crippen molar-refractivity contribution in [2.75, 3.05) is 0 Å². The Hall–Kier alpha value is -2.34. The van der Waals surface area contributed by atoms with Gasteiger partial charge in [-0.3, -0.25) is 4.79 Å². The van der Waals surface area contributed by atoms with Gasteiger partial charge in [-0.05, 0) is 22.4 Å². The maximum Gasteiger partial charge on any atom is 0.481 e.